The van der Waals surface area contributed by atoms with Crippen LogP contribution in [0.15, 0.2) is 57.8 Å². The first kappa shape index (κ1) is 18.9. The summed E-state index contributed by atoms with van der Waals surface area (Å²) in [5, 5.41) is 0.683. The first-order valence-electron chi connectivity index (χ1n) is 9.02. The van der Waals surface area contributed by atoms with Crippen LogP contribution in [0.25, 0.3) is 21.3 Å². The Bertz CT molecular complexity index is 1180. The Hall–Kier alpha value is -2.44. The lowest BCUT2D eigenvalue weighted by molar-refractivity contribution is 0.414. The summed E-state index contributed by atoms with van der Waals surface area (Å²) in [6.07, 6.45) is 1.43. The monoisotopic (exact) mass is 454 g/mol. The molecule has 4 rings (SSSR count). The molecular formula is C22H19BrN2O2S. The second-order valence-electron chi connectivity index (χ2n) is 6.48. The second-order valence-corrected chi connectivity index (χ2v) is 8.48. The molecule has 0 fully saturated rings. The van der Waals surface area contributed by atoms with Crippen LogP contribution in [0.2, 0.25) is 0 Å². The fourth-order valence-electron chi connectivity index (χ4n) is 3.29. The average molecular weight is 455 g/mol. The van der Waals surface area contributed by atoms with Gasteiger partial charge in [0.05, 0.1) is 12.5 Å². The molecule has 0 aliphatic heterocycles. The highest BCUT2D eigenvalue weighted by Gasteiger charge is 2.18. The molecule has 0 amide bonds. The predicted octanol–water partition coefficient (Wildman–Crippen LogP) is 5.58. The molecule has 142 valence electrons. The maximum absolute atomic E-state index is 13.0. The van der Waals surface area contributed by atoms with Gasteiger partial charge in [0.1, 0.15) is 16.4 Å². The van der Waals surface area contributed by atoms with Crippen molar-refractivity contribution < 1.29 is 4.74 Å². The minimum atomic E-state index is -0.0811. The third-order valence-corrected chi connectivity index (χ3v) is 6.43. The SMILES string of the molecule is CCc1sc2nc(Cc3ccc(OC)cc3)[nH]c(=O)c2c1-c1ccc(Br)cc1. The normalized spacial score (nSPS) is 11.1. The molecule has 0 saturated carbocycles. The van der Waals surface area contributed by atoms with Crippen molar-refractivity contribution in [1.29, 1.82) is 0 Å². The van der Waals surface area contributed by atoms with Gasteiger partial charge in [0.2, 0.25) is 0 Å². The summed E-state index contributed by atoms with van der Waals surface area (Å²) in [4.78, 5) is 22.7. The largest absolute Gasteiger partial charge is 0.497 e. The van der Waals surface area contributed by atoms with Gasteiger partial charge in [-0.3, -0.25) is 4.79 Å². The van der Waals surface area contributed by atoms with Gasteiger partial charge in [0.15, 0.2) is 0 Å². The number of nitrogens with zero attached hydrogens (tertiary/aromatic N) is 1. The number of hydrogen-bond acceptors (Lipinski definition) is 4. The van der Waals surface area contributed by atoms with E-state index in [4.69, 9.17) is 9.72 Å². The van der Waals surface area contributed by atoms with Crippen LogP contribution < -0.4 is 10.3 Å². The summed E-state index contributed by atoms with van der Waals surface area (Å²) in [5.41, 5.74) is 3.03. The number of nitrogens with one attached hydrogen (secondary N) is 1. The van der Waals surface area contributed by atoms with Crippen molar-refractivity contribution in [3.05, 3.63) is 79.6 Å². The average Bonchev–Trinajstić information content (AvgIpc) is 3.08. The van der Waals surface area contributed by atoms with Crippen LogP contribution >= 0.6 is 27.3 Å². The minimum absolute atomic E-state index is 0.0811. The molecule has 4 aromatic rings. The summed E-state index contributed by atoms with van der Waals surface area (Å²) in [5.74, 6) is 1.49. The molecule has 0 radical (unpaired) electrons. The summed E-state index contributed by atoms with van der Waals surface area (Å²) in [7, 11) is 1.65. The molecule has 2 aromatic heterocycles. The minimum Gasteiger partial charge on any atom is -0.497 e. The number of aromatic amines is 1. The number of halogens is 1. The molecule has 0 bridgehead atoms. The lowest BCUT2D eigenvalue weighted by Crippen LogP contribution is -2.11. The number of benzene rings is 2. The van der Waals surface area contributed by atoms with Crippen molar-refractivity contribution in [1.82, 2.24) is 9.97 Å². The van der Waals surface area contributed by atoms with Gasteiger partial charge in [-0.05, 0) is 41.8 Å². The van der Waals surface area contributed by atoms with Gasteiger partial charge in [0, 0.05) is 21.3 Å². The Balaban J connectivity index is 1.79. The van der Waals surface area contributed by atoms with Crippen LogP contribution in [0.3, 0.4) is 0 Å². The molecule has 0 saturated heterocycles. The van der Waals surface area contributed by atoms with E-state index in [1.54, 1.807) is 18.4 Å². The van der Waals surface area contributed by atoms with Crippen LogP contribution in [0.5, 0.6) is 5.75 Å². The van der Waals surface area contributed by atoms with Gasteiger partial charge in [-0.1, -0.05) is 47.1 Å². The molecule has 0 unspecified atom stereocenters. The number of thiophene rings is 1. The quantitative estimate of drug-likeness (QED) is 0.428. The van der Waals surface area contributed by atoms with E-state index < -0.39 is 0 Å². The molecule has 1 N–H and O–H groups in total. The van der Waals surface area contributed by atoms with Gasteiger partial charge in [0.25, 0.3) is 5.56 Å². The predicted molar refractivity (Wildman–Crippen MR) is 119 cm³/mol. The summed E-state index contributed by atoms with van der Waals surface area (Å²) >= 11 is 5.08. The zero-order chi connectivity index (χ0) is 19.7. The number of H-pyrrole nitrogens is 1. The van der Waals surface area contributed by atoms with Crippen molar-refractivity contribution in [2.75, 3.05) is 7.11 Å². The zero-order valence-corrected chi connectivity index (χ0v) is 18.0. The van der Waals surface area contributed by atoms with Gasteiger partial charge < -0.3 is 9.72 Å². The molecule has 2 aromatic carbocycles. The molecule has 2 heterocycles. The van der Waals surface area contributed by atoms with Crippen LogP contribution in [0.4, 0.5) is 0 Å². The van der Waals surface area contributed by atoms with E-state index in [0.717, 1.165) is 38.2 Å². The van der Waals surface area contributed by atoms with Crippen LogP contribution in [-0.2, 0) is 12.8 Å². The molecule has 0 atom stereocenters. The smallest absolute Gasteiger partial charge is 0.260 e. The highest BCUT2D eigenvalue weighted by molar-refractivity contribution is 9.10. The first-order chi connectivity index (χ1) is 13.6. The highest BCUT2D eigenvalue weighted by atomic mass is 79.9. The van der Waals surface area contributed by atoms with Crippen LogP contribution in [0.1, 0.15) is 23.2 Å². The number of ether oxygens (including phenoxy) is 1. The molecular weight excluding hydrogens is 436 g/mol. The Morgan fingerprint density at radius 1 is 1.11 bits per heavy atom. The fourth-order valence-corrected chi connectivity index (χ4v) is 4.71. The van der Waals surface area contributed by atoms with Crippen molar-refractivity contribution in [3.8, 4) is 16.9 Å². The number of methoxy groups -OCH3 is 1. The maximum Gasteiger partial charge on any atom is 0.260 e. The van der Waals surface area contributed by atoms with E-state index in [1.807, 2.05) is 48.5 Å². The van der Waals surface area contributed by atoms with Gasteiger partial charge in [-0.2, -0.15) is 0 Å². The fraction of sp³-hybridized carbons (Fsp3) is 0.182. The Labute approximate surface area is 175 Å². The molecule has 28 heavy (non-hydrogen) atoms. The van der Waals surface area contributed by atoms with Crippen molar-refractivity contribution in [2.24, 2.45) is 0 Å². The number of aryl methyl sites for hydroxylation is 1. The lowest BCUT2D eigenvalue weighted by Gasteiger charge is -2.05. The number of aromatic nitrogens is 2. The first-order valence-corrected chi connectivity index (χ1v) is 10.6. The molecule has 0 aliphatic rings. The second kappa shape index (κ2) is 7.89. The Morgan fingerprint density at radius 2 is 1.82 bits per heavy atom. The lowest BCUT2D eigenvalue weighted by atomic mass is 10.0. The summed E-state index contributed by atoms with van der Waals surface area (Å²) in [6, 6.07) is 15.9. The van der Waals surface area contributed by atoms with E-state index in [0.29, 0.717) is 17.6 Å². The zero-order valence-electron chi connectivity index (χ0n) is 15.6. The van der Waals surface area contributed by atoms with E-state index >= 15 is 0 Å². The third-order valence-electron chi connectivity index (χ3n) is 4.67. The Kier molecular flexibility index (Phi) is 5.33. The maximum atomic E-state index is 13.0. The standard InChI is InChI=1S/C22H19BrN2O2S/c1-3-17-19(14-6-8-15(23)9-7-14)20-21(26)24-18(25-22(20)28-17)12-13-4-10-16(27-2)11-5-13/h4-11H,3,12H2,1-2H3,(H,24,25,26). The van der Waals surface area contributed by atoms with E-state index in [1.165, 1.54) is 4.88 Å². The van der Waals surface area contributed by atoms with E-state index in [2.05, 4.69) is 27.8 Å². The van der Waals surface area contributed by atoms with Crippen molar-refractivity contribution in [3.63, 3.8) is 0 Å². The van der Waals surface area contributed by atoms with Crippen molar-refractivity contribution >= 4 is 37.5 Å². The Morgan fingerprint density at radius 3 is 2.46 bits per heavy atom. The summed E-state index contributed by atoms with van der Waals surface area (Å²) < 4.78 is 6.22. The number of rotatable bonds is 5. The number of hydrogen-bond donors (Lipinski definition) is 1. The van der Waals surface area contributed by atoms with Gasteiger partial charge in [-0.15, -0.1) is 11.3 Å². The topological polar surface area (TPSA) is 55.0 Å². The van der Waals surface area contributed by atoms with E-state index in [9.17, 15) is 4.79 Å². The highest BCUT2D eigenvalue weighted by Crippen LogP contribution is 2.37. The number of fused-ring (bicyclic) bond motifs is 1. The molecule has 0 aliphatic carbocycles. The molecule has 0 spiro atoms. The van der Waals surface area contributed by atoms with Crippen LogP contribution in [-0.4, -0.2) is 17.1 Å². The van der Waals surface area contributed by atoms with E-state index in [-0.39, 0.29) is 5.56 Å². The third kappa shape index (κ3) is 3.62. The van der Waals surface area contributed by atoms with Gasteiger partial charge in [-0.25, -0.2) is 4.98 Å². The van der Waals surface area contributed by atoms with Crippen molar-refractivity contribution in [2.45, 2.75) is 19.8 Å². The van der Waals surface area contributed by atoms with Crippen LogP contribution in [0, 0.1) is 0 Å². The summed E-state index contributed by atoms with van der Waals surface area (Å²) in [6.45, 7) is 2.11. The molecule has 6 heteroatoms. The van der Waals surface area contributed by atoms with Gasteiger partial charge >= 0.3 is 0 Å². The molecule has 4 nitrogen and oxygen atoms in total.